The number of ether oxygens (including phenoxy) is 1. The number of nitrogens with zero attached hydrogens (tertiary/aromatic N) is 4. The van der Waals surface area contributed by atoms with E-state index in [9.17, 15) is 9.50 Å². The number of anilines is 2. The van der Waals surface area contributed by atoms with Crippen molar-refractivity contribution in [3.63, 3.8) is 0 Å². The topological polar surface area (TPSA) is 71.4 Å². The molecule has 1 aliphatic rings. The van der Waals surface area contributed by atoms with E-state index in [2.05, 4.69) is 19.9 Å². The molecular formula is C21H15FN4O2. The van der Waals surface area contributed by atoms with Gasteiger partial charge in [-0.2, -0.15) is 9.97 Å². The summed E-state index contributed by atoms with van der Waals surface area (Å²) in [6.45, 7) is 0.765. The summed E-state index contributed by atoms with van der Waals surface area (Å²) in [5.74, 6) is 0.164. The van der Waals surface area contributed by atoms with Gasteiger partial charge in [-0.1, -0.05) is 6.07 Å². The summed E-state index contributed by atoms with van der Waals surface area (Å²) in [5.41, 5.74) is 3.43. The fourth-order valence-electron chi connectivity index (χ4n) is 3.45. The van der Waals surface area contributed by atoms with Crippen molar-refractivity contribution in [1.82, 2.24) is 15.0 Å². The average Bonchev–Trinajstić information content (AvgIpc) is 3.11. The summed E-state index contributed by atoms with van der Waals surface area (Å²) in [7, 11) is 0. The normalized spacial score (nSPS) is 13.0. The van der Waals surface area contributed by atoms with Gasteiger partial charge in [0, 0.05) is 24.1 Å². The molecule has 3 heterocycles. The third-order valence-corrected chi connectivity index (χ3v) is 4.73. The first-order valence-electron chi connectivity index (χ1n) is 8.82. The number of aromatic hydroxyl groups is 1. The van der Waals surface area contributed by atoms with Gasteiger partial charge in [0.25, 0.3) is 0 Å². The Morgan fingerprint density at radius 1 is 1.07 bits per heavy atom. The number of fused-ring (bicyclic) bond motifs is 2. The summed E-state index contributed by atoms with van der Waals surface area (Å²) in [6, 6.07) is 13.9. The molecule has 7 heteroatoms. The van der Waals surface area contributed by atoms with Crippen molar-refractivity contribution >= 4 is 22.3 Å². The Morgan fingerprint density at radius 2 is 2.00 bits per heavy atom. The smallest absolute Gasteiger partial charge is 0.325 e. The van der Waals surface area contributed by atoms with E-state index in [-0.39, 0.29) is 17.7 Å². The third-order valence-electron chi connectivity index (χ3n) is 4.73. The van der Waals surface area contributed by atoms with Crippen LogP contribution in [0, 0.1) is 5.82 Å². The van der Waals surface area contributed by atoms with Crippen LogP contribution < -0.4 is 9.64 Å². The lowest BCUT2D eigenvalue weighted by molar-refractivity contribution is 0.412. The molecule has 1 aliphatic heterocycles. The summed E-state index contributed by atoms with van der Waals surface area (Å²) in [4.78, 5) is 14.4. The summed E-state index contributed by atoms with van der Waals surface area (Å²) < 4.78 is 19.3. The van der Waals surface area contributed by atoms with Gasteiger partial charge in [-0.15, -0.1) is 0 Å². The van der Waals surface area contributed by atoms with Crippen LogP contribution in [0.25, 0.3) is 10.9 Å². The molecular weight excluding hydrogens is 359 g/mol. The standard InChI is InChI=1S/C21H15FN4O2/c22-14-2-1-3-15(11-14)26-9-7-13-10-16(4-5-19(13)26)28-21-24-18-12-23-8-6-17(18)20(27)25-21/h1-6,8,10-12H,7,9H2,(H,24,25,27). The molecule has 1 N–H and O–H groups in total. The maximum Gasteiger partial charge on any atom is 0.325 e. The van der Waals surface area contributed by atoms with E-state index in [0.717, 1.165) is 29.9 Å². The molecule has 2 aromatic heterocycles. The minimum Gasteiger partial charge on any atom is -0.493 e. The maximum absolute atomic E-state index is 13.6. The quantitative estimate of drug-likeness (QED) is 0.575. The fraction of sp³-hybridized carbons (Fsp3) is 0.0952. The van der Waals surface area contributed by atoms with Crippen LogP contribution in [0.15, 0.2) is 60.9 Å². The van der Waals surface area contributed by atoms with Gasteiger partial charge in [-0.25, -0.2) is 4.39 Å². The van der Waals surface area contributed by atoms with Crippen molar-refractivity contribution in [2.75, 3.05) is 11.4 Å². The molecule has 2 aromatic carbocycles. The molecule has 0 saturated heterocycles. The Kier molecular flexibility index (Phi) is 3.79. The first kappa shape index (κ1) is 16.4. The van der Waals surface area contributed by atoms with Crippen LogP contribution >= 0.6 is 0 Å². The number of halogens is 1. The van der Waals surface area contributed by atoms with Crippen LogP contribution in [0.1, 0.15) is 5.56 Å². The number of pyridine rings is 1. The van der Waals surface area contributed by atoms with Crippen molar-refractivity contribution in [3.05, 3.63) is 72.3 Å². The van der Waals surface area contributed by atoms with Gasteiger partial charge in [0.05, 0.1) is 17.1 Å². The SMILES string of the molecule is Oc1nc(Oc2ccc3c(c2)CCN3c2cccc(F)c2)nc2cnccc12. The van der Waals surface area contributed by atoms with Gasteiger partial charge >= 0.3 is 6.01 Å². The van der Waals surface area contributed by atoms with E-state index in [4.69, 9.17) is 4.74 Å². The van der Waals surface area contributed by atoms with Gasteiger partial charge in [-0.05, 0) is 54.4 Å². The van der Waals surface area contributed by atoms with Gasteiger partial charge in [-0.3, -0.25) is 4.98 Å². The van der Waals surface area contributed by atoms with Gasteiger partial charge in [0.1, 0.15) is 11.6 Å². The molecule has 138 valence electrons. The Morgan fingerprint density at radius 3 is 2.89 bits per heavy atom. The molecule has 0 saturated carbocycles. The zero-order valence-electron chi connectivity index (χ0n) is 14.7. The first-order chi connectivity index (χ1) is 13.7. The van der Waals surface area contributed by atoms with E-state index >= 15 is 0 Å². The molecule has 0 fully saturated rings. The predicted molar refractivity (Wildman–Crippen MR) is 103 cm³/mol. The second-order valence-corrected chi connectivity index (χ2v) is 6.50. The number of aromatic nitrogens is 3. The number of rotatable bonds is 3. The van der Waals surface area contributed by atoms with Crippen molar-refractivity contribution < 1.29 is 14.2 Å². The molecule has 0 atom stereocenters. The molecule has 0 radical (unpaired) electrons. The number of benzene rings is 2. The highest BCUT2D eigenvalue weighted by Gasteiger charge is 2.21. The molecule has 6 nitrogen and oxygen atoms in total. The lowest BCUT2D eigenvalue weighted by atomic mass is 10.1. The third kappa shape index (κ3) is 2.87. The predicted octanol–water partition coefficient (Wildman–Crippen LogP) is 4.36. The van der Waals surface area contributed by atoms with Crippen LogP contribution in [0.3, 0.4) is 0 Å². The Bertz CT molecular complexity index is 1200. The molecule has 0 aliphatic carbocycles. The largest absolute Gasteiger partial charge is 0.493 e. The van der Waals surface area contributed by atoms with E-state index < -0.39 is 0 Å². The lowest BCUT2D eigenvalue weighted by Gasteiger charge is -2.19. The highest BCUT2D eigenvalue weighted by Crippen LogP contribution is 2.37. The zero-order valence-corrected chi connectivity index (χ0v) is 14.7. The van der Waals surface area contributed by atoms with Crippen LogP contribution in [-0.2, 0) is 6.42 Å². The molecule has 0 spiro atoms. The minimum atomic E-state index is -0.256. The Hall–Kier alpha value is -3.74. The van der Waals surface area contributed by atoms with E-state index in [1.165, 1.54) is 12.1 Å². The number of hydrogen-bond acceptors (Lipinski definition) is 6. The van der Waals surface area contributed by atoms with Crippen molar-refractivity contribution in [1.29, 1.82) is 0 Å². The molecule has 5 rings (SSSR count). The Labute approximate surface area is 159 Å². The second-order valence-electron chi connectivity index (χ2n) is 6.50. The summed E-state index contributed by atoms with van der Waals surface area (Å²) >= 11 is 0. The van der Waals surface area contributed by atoms with Crippen molar-refractivity contribution in [2.24, 2.45) is 0 Å². The second kappa shape index (κ2) is 6.45. The van der Waals surface area contributed by atoms with Crippen molar-refractivity contribution in [2.45, 2.75) is 6.42 Å². The highest BCUT2D eigenvalue weighted by molar-refractivity contribution is 5.82. The summed E-state index contributed by atoms with van der Waals surface area (Å²) in [5, 5.41) is 10.6. The molecule has 28 heavy (non-hydrogen) atoms. The highest BCUT2D eigenvalue weighted by atomic mass is 19.1. The first-order valence-corrected chi connectivity index (χ1v) is 8.82. The monoisotopic (exact) mass is 374 g/mol. The minimum absolute atomic E-state index is 0.0536. The van der Waals surface area contributed by atoms with Gasteiger partial charge in [0.15, 0.2) is 0 Å². The van der Waals surface area contributed by atoms with Crippen LogP contribution in [0.2, 0.25) is 0 Å². The zero-order chi connectivity index (χ0) is 19.1. The maximum atomic E-state index is 13.6. The molecule has 0 amide bonds. The van der Waals surface area contributed by atoms with Gasteiger partial charge in [0.2, 0.25) is 5.88 Å². The van der Waals surface area contributed by atoms with Crippen molar-refractivity contribution in [3.8, 4) is 17.6 Å². The van der Waals surface area contributed by atoms with Gasteiger partial charge < -0.3 is 14.7 Å². The Balaban J connectivity index is 1.44. The fourth-order valence-corrected chi connectivity index (χ4v) is 3.45. The van der Waals surface area contributed by atoms with E-state index in [1.54, 1.807) is 24.5 Å². The van der Waals surface area contributed by atoms with Crippen LogP contribution in [0.5, 0.6) is 17.6 Å². The lowest BCUT2D eigenvalue weighted by Crippen LogP contribution is -2.13. The van der Waals surface area contributed by atoms with Crippen LogP contribution in [-0.4, -0.2) is 26.6 Å². The molecule has 0 bridgehead atoms. The molecule has 0 unspecified atom stereocenters. The average molecular weight is 374 g/mol. The van der Waals surface area contributed by atoms with E-state index in [1.807, 2.05) is 24.3 Å². The number of hydrogen-bond donors (Lipinski definition) is 1. The van der Waals surface area contributed by atoms with Crippen LogP contribution in [0.4, 0.5) is 15.8 Å². The van der Waals surface area contributed by atoms with E-state index in [0.29, 0.717) is 16.7 Å². The molecule has 4 aromatic rings. The summed E-state index contributed by atoms with van der Waals surface area (Å²) in [6.07, 6.45) is 3.93.